The van der Waals surface area contributed by atoms with Crippen molar-refractivity contribution >= 4 is 11.8 Å². The smallest absolute Gasteiger partial charge is 0.0199 e. The fraction of sp³-hybridized carbons (Fsp3) is 1.00. The Labute approximate surface area is 110 Å². The summed E-state index contributed by atoms with van der Waals surface area (Å²) in [5, 5.41) is 4.38. The molecule has 17 heavy (non-hydrogen) atoms. The van der Waals surface area contributed by atoms with Gasteiger partial charge < -0.3 is 5.32 Å². The second kappa shape index (κ2) is 5.50. The molecule has 3 rings (SSSR count). The van der Waals surface area contributed by atoms with Crippen molar-refractivity contribution < 1.29 is 0 Å². The van der Waals surface area contributed by atoms with Crippen LogP contribution in [0.3, 0.4) is 0 Å². The average Bonchev–Trinajstić information content (AvgIpc) is 3.10. The molecule has 0 aromatic carbocycles. The lowest BCUT2D eigenvalue weighted by Crippen LogP contribution is -2.43. The molecule has 2 saturated heterocycles. The van der Waals surface area contributed by atoms with Crippen molar-refractivity contribution in [3.63, 3.8) is 0 Å². The third-order valence-corrected chi connectivity index (χ3v) is 5.93. The predicted octanol–water partition coefficient (Wildman–Crippen LogP) is 2.34. The van der Waals surface area contributed by atoms with Gasteiger partial charge in [-0.15, -0.1) is 0 Å². The number of nitrogens with zero attached hydrogens (tertiary/aromatic N) is 1. The summed E-state index contributed by atoms with van der Waals surface area (Å²) in [7, 11) is 0. The van der Waals surface area contributed by atoms with Crippen LogP contribution in [-0.2, 0) is 0 Å². The zero-order valence-electron chi connectivity index (χ0n) is 11.0. The quantitative estimate of drug-likeness (QED) is 0.829. The second-order valence-corrected chi connectivity index (χ2v) is 7.63. The number of nitrogens with one attached hydrogen (secondary N) is 1. The van der Waals surface area contributed by atoms with Crippen LogP contribution in [-0.4, -0.2) is 47.6 Å². The van der Waals surface area contributed by atoms with E-state index in [1.54, 1.807) is 0 Å². The molecule has 2 atom stereocenters. The SMILES string of the molecule is CC1CC(N(CC2CCNCC2)C2CC2)CS1. The fourth-order valence-electron chi connectivity index (χ4n) is 3.39. The van der Waals surface area contributed by atoms with Crippen molar-refractivity contribution in [2.24, 2.45) is 5.92 Å². The van der Waals surface area contributed by atoms with Crippen LogP contribution in [0.4, 0.5) is 0 Å². The maximum atomic E-state index is 3.49. The number of hydrogen-bond acceptors (Lipinski definition) is 3. The van der Waals surface area contributed by atoms with Gasteiger partial charge in [-0.25, -0.2) is 0 Å². The highest BCUT2D eigenvalue weighted by Gasteiger charge is 2.38. The molecule has 0 bridgehead atoms. The Morgan fingerprint density at radius 2 is 1.88 bits per heavy atom. The first-order valence-corrected chi connectivity index (χ1v) is 8.46. The Bertz CT molecular complexity index is 249. The van der Waals surface area contributed by atoms with E-state index in [-0.39, 0.29) is 0 Å². The summed E-state index contributed by atoms with van der Waals surface area (Å²) in [6.07, 6.45) is 7.18. The molecule has 0 aromatic rings. The van der Waals surface area contributed by atoms with E-state index in [1.165, 1.54) is 57.5 Å². The third-order valence-electron chi connectivity index (χ3n) is 4.59. The molecule has 3 aliphatic rings. The molecule has 3 fully saturated rings. The summed E-state index contributed by atoms with van der Waals surface area (Å²) in [4.78, 5) is 2.90. The van der Waals surface area contributed by atoms with Gasteiger partial charge in [0.15, 0.2) is 0 Å². The van der Waals surface area contributed by atoms with E-state index in [4.69, 9.17) is 0 Å². The Morgan fingerprint density at radius 1 is 1.12 bits per heavy atom. The van der Waals surface area contributed by atoms with E-state index in [0.717, 1.165) is 23.3 Å². The van der Waals surface area contributed by atoms with Gasteiger partial charge in [0.1, 0.15) is 0 Å². The first-order chi connectivity index (χ1) is 8.33. The monoisotopic (exact) mass is 254 g/mol. The van der Waals surface area contributed by atoms with Crippen LogP contribution in [0.1, 0.15) is 39.0 Å². The predicted molar refractivity (Wildman–Crippen MR) is 75.6 cm³/mol. The van der Waals surface area contributed by atoms with Crippen LogP contribution in [0.25, 0.3) is 0 Å². The van der Waals surface area contributed by atoms with Gasteiger partial charge >= 0.3 is 0 Å². The van der Waals surface area contributed by atoms with Crippen molar-refractivity contribution in [3.8, 4) is 0 Å². The van der Waals surface area contributed by atoms with Crippen LogP contribution in [0.15, 0.2) is 0 Å². The molecule has 2 unspecified atom stereocenters. The molecular formula is C14H26N2S. The number of hydrogen-bond donors (Lipinski definition) is 1. The largest absolute Gasteiger partial charge is 0.317 e. The highest BCUT2D eigenvalue weighted by molar-refractivity contribution is 8.00. The van der Waals surface area contributed by atoms with Gasteiger partial charge in [0.2, 0.25) is 0 Å². The first-order valence-electron chi connectivity index (χ1n) is 7.41. The van der Waals surface area contributed by atoms with Gasteiger partial charge in [-0.2, -0.15) is 11.8 Å². The zero-order valence-corrected chi connectivity index (χ0v) is 11.8. The molecule has 3 heteroatoms. The summed E-state index contributed by atoms with van der Waals surface area (Å²) in [6.45, 7) is 6.29. The maximum absolute atomic E-state index is 3.49. The normalized spacial score (nSPS) is 35.6. The van der Waals surface area contributed by atoms with Crippen molar-refractivity contribution in [3.05, 3.63) is 0 Å². The van der Waals surface area contributed by atoms with Crippen molar-refractivity contribution in [2.45, 2.75) is 56.4 Å². The molecule has 0 aromatic heterocycles. The minimum Gasteiger partial charge on any atom is -0.317 e. The lowest BCUT2D eigenvalue weighted by molar-refractivity contribution is 0.152. The standard InChI is InChI=1S/C14H26N2S/c1-11-8-14(10-17-11)16(13-2-3-13)9-12-4-6-15-7-5-12/h11-15H,2-10H2,1H3. The molecule has 1 N–H and O–H groups in total. The molecule has 2 heterocycles. The summed E-state index contributed by atoms with van der Waals surface area (Å²) in [5.41, 5.74) is 0. The van der Waals surface area contributed by atoms with E-state index in [9.17, 15) is 0 Å². The van der Waals surface area contributed by atoms with E-state index in [2.05, 4.69) is 28.9 Å². The zero-order chi connectivity index (χ0) is 11.7. The Morgan fingerprint density at radius 3 is 2.47 bits per heavy atom. The first kappa shape index (κ1) is 12.3. The number of piperidine rings is 1. The highest BCUT2D eigenvalue weighted by Crippen LogP contribution is 2.37. The van der Waals surface area contributed by atoms with Crippen LogP contribution < -0.4 is 5.32 Å². The third kappa shape index (κ3) is 3.18. The summed E-state index contributed by atoms with van der Waals surface area (Å²) in [5.74, 6) is 2.36. The van der Waals surface area contributed by atoms with Gasteiger partial charge in [0.25, 0.3) is 0 Å². The number of rotatable bonds is 4. The Kier molecular flexibility index (Phi) is 3.98. The van der Waals surface area contributed by atoms with Crippen molar-refractivity contribution in [1.82, 2.24) is 10.2 Å². The summed E-state index contributed by atoms with van der Waals surface area (Å²) in [6, 6.07) is 1.86. The summed E-state index contributed by atoms with van der Waals surface area (Å²) < 4.78 is 0. The van der Waals surface area contributed by atoms with Crippen molar-refractivity contribution in [2.75, 3.05) is 25.4 Å². The highest BCUT2D eigenvalue weighted by atomic mass is 32.2. The van der Waals surface area contributed by atoms with E-state index in [1.807, 2.05) is 0 Å². The molecule has 98 valence electrons. The molecule has 1 aliphatic carbocycles. The molecule has 2 aliphatic heterocycles. The van der Waals surface area contributed by atoms with E-state index in [0.29, 0.717) is 0 Å². The fourth-order valence-corrected chi connectivity index (χ4v) is 4.63. The molecule has 0 radical (unpaired) electrons. The molecule has 0 amide bonds. The molecule has 2 nitrogen and oxygen atoms in total. The van der Waals surface area contributed by atoms with Gasteiger partial charge in [0.05, 0.1) is 0 Å². The minimum atomic E-state index is 0.897. The van der Waals surface area contributed by atoms with Gasteiger partial charge in [-0.05, 0) is 51.1 Å². The summed E-state index contributed by atoms with van der Waals surface area (Å²) >= 11 is 2.19. The van der Waals surface area contributed by atoms with Crippen molar-refractivity contribution in [1.29, 1.82) is 0 Å². The molecule has 1 saturated carbocycles. The molecule has 0 spiro atoms. The maximum Gasteiger partial charge on any atom is 0.0199 e. The van der Waals surface area contributed by atoms with Crippen LogP contribution in [0.2, 0.25) is 0 Å². The Hall–Kier alpha value is 0.270. The lowest BCUT2D eigenvalue weighted by Gasteiger charge is -2.34. The second-order valence-electron chi connectivity index (χ2n) is 6.15. The van der Waals surface area contributed by atoms with Gasteiger partial charge in [-0.1, -0.05) is 6.92 Å². The van der Waals surface area contributed by atoms with Gasteiger partial charge in [-0.3, -0.25) is 4.90 Å². The van der Waals surface area contributed by atoms with Gasteiger partial charge in [0, 0.05) is 29.6 Å². The molecular weight excluding hydrogens is 228 g/mol. The van der Waals surface area contributed by atoms with Crippen LogP contribution in [0, 0.1) is 5.92 Å². The minimum absolute atomic E-state index is 0.897. The average molecular weight is 254 g/mol. The van der Waals surface area contributed by atoms with E-state index < -0.39 is 0 Å². The lowest BCUT2D eigenvalue weighted by atomic mass is 9.96. The Balaban J connectivity index is 1.56. The van der Waals surface area contributed by atoms with Crippen LogP contribution in [0.5, 0.6) is 0 Å². The number of thioether (sulfide) groups is 1. The topological polar surface area (TPSA) is 15.3 Å². The van der Waals surface area contributed by atoms with Crippen LogP contribution >= 0.6 is 11.8 Å². The van der Waals surface area contributed by atoms with E-state index >= 15 is 0 Å².